The molecule has 0 spiro atoms. The first-order chi connectivity index (χ1) is 19.4. The molecule has 0 aliphatic rings. The molecule has 0 atom stereocenters. The van der Waals surface area contributed by atoms with E-state index in [1.165, 1.54) is 0 Å². The van der Waals surface area contributed by atoms with Crippen LogP contribution >= 0.6 is 0 Å². The molecule has 5 rings (SSSR count). The maximum Gasteiger partial charge on any atom is 0.322 e. The second kappa shape index (κ2) is 11.6. The van der Waals surface area contributed by atoms with Gasteiger partial charge in [0.05, 0.1) is 25.0 Å². The zero-order valence-corrected chi connectivity index (χ0v) is 21.7. The van der Waals surface area contributed by atoms with Crippen molar-refractivity contribution < 1.29 is 24.1 Å². The van der Waals surface area contributed by atoms with Crippen molar-refractivity contribution in [3.63, 3.8) is 0 Å². The van der Waals surface area contributed by atoms with Gasteiger partial charge in [-0.15, -0.1) is 10.2 Å². The molecule has 0 fully saturated rings. The second-order valence-corrected chi connectivity index (χ2v) is 8.65. The summed E-state index contributed by atoms with van der Waals surface area (Å²) >= 11 is 0. The summed E-state index contributed by atoms with van der Waals surface area (Å²) in [6.45, 7) is 2.25. The Kier molecular flexibility index (Phi) is 7.58. The highest BCUT2D eigenvalue weighted by Gasteiger charge is 2.16. The van der Waals surface area contributed by atoms with Crippen molar-refractivity contribution in [2.45, 2.75) is 13.5 Å². The van der Waals surface area contributed by atoms with E-state index in [0.717, 1.165) is 22.4 Å². The van der Waals surface area contributed by atoms with Crippen molar-refractivity contribution in [1.29, 1.82) is 0 Å². The van der Waals surface area contributed by atoms with Crippen LogP contribution in [0.2, 0.25) is 0 Å². The monoisotopic (exact) mass is 542 g/mol. The van der Waals surface area contributed by atoms with Gasteiger partial charge in [-0.05, 0) is 60.0 Å². The lowest BCUT2D eigenvalue weighted by Crippen LogP contribution is -2.13. The van der Waals surface area contributed by atoms with Crippen molar-refractivity contribution in [3.8, 4) is 39.8 Å². The number of aliphatic carboxylic acids is 1. The fourth-order valence-electron chi connectivity index (χ4n) is 4.08. The molecule has 0 bridgehead atoms. The van der Waals surface area contributed by atoms with E-state index in [1.807, 2.05) is 55.5 Å². The van der Waals surface area contributed by atoms with Gasteiger partial charge >= 0.3 is 5.97 Å². The van der Waals surface area contributed by atoms with Crippen LogP contribution in [-0.2, 0) is 11.4 Å². The number of hydrogen-bond acceptors (Lipinski definition) is 9. The molecule has 3 aromatic carbocycles. The summed E-state index contributed by atoms with van der Waals surface area (Å²) in [6, 6.07) is 18.5. The molecule has 0 aliphatic carbocycles. The zero-order chi connectivity index (χ0) is 28.1. The third kappa shape index (κ3) is 5.70. The number of nitrogens with zero attached hydrogens (tertiary/aromatic N) is 3. The number of carboxylic acids is 1. The number of aromatic nitrogens is 5. The van der Waals surface area contributed by atoms with Gasteiger partial charge in [0.25, 0.3) is 5.56 Å². The summed E-state index contributed by atoms with van der Waals surface area (Å²) in [6.07, 6.45) is 0. The van der Waals surface area contributed by atoms with Gasteiger partial charge in [-0.3, -0.25) is 9.59 Å². The largest absolute Gasteiger partial charge is 0.497 e. The summed E-state index contributed by atoms with van der Waals surface area (Å²) in [5.74, 6) is 1.05. The topological polar surface area (TPSA) is 164 Å². The number of rotatable bonds is 11. The minimum absolute atomic E-state index is 0.119. The quantitative estimate of drug-likeness (QED) is 0.193. The molecule has 0 aliphatic heterocycles. The Morgan fingerprint density at radius 3 is 2.50 bits per heavy atom. The first-order valence-corrected chi connectivity index (χ1v) is 12.4. The summed E-state index contributed by atoms with van der Waals surface area (Å²) in [5.41, 5.74) is 3.54. The molecule has 0 radical (unpaired) electrons. The maximum atomic E-state index is 12.4. The highest BCUT2D eigenvalue weighted by molar-refractivity contribution is 5.80. The van der Waals surface area contributed by atoms with Gasteiger partial charge in [0.1, 0.15) is 36.2 Å². The molecule has 0 saturated heterocycles. The lowest BCUT2D eigenvalue weighted by molar-refractivity contribution is -0.134. The molecular formula is C28H26N6O6. The number of carbonyl (C=O) groups is 1. The van der Waals surface area contributed by atoms with Crippen LogP contribution in [0.15, 0.2) is 65.5 Å². The van der Waals surface area contributed by atoms with Crippen LogP contribution in [-0.4, -0.2) is 56.7 Å². The smallest absolute Gasteiger partial charge is 0.322 e. The predicted molar refractivity (Wildman–Crippen MR) is 148 cm³/mol. The molecule has 0 saturated carbocycles. The fraction of sp³-hybridized carbons (Fsp3) is 0.179. The number of fused-ring (bicyclic) bond motifs is 1. The standard InChI is InChI=1S/C28H26N6O6/c1-3-39-23-13-18(6-10-20(23)26-30-27-25(28(37)31-26)32-34-33-27)17-7-11-22(21(12-17)29-14-24(35)36)40-15-16-4-8-19(38-2)9-5-16/h4-13,29H,3,14-15H2,1-2H3,(H,35,36)(H2,30,31,32,33,34,37). The highest BCUT2D eigenvalue weighted by atomic mass is 16.5. The number of carboxylic acid groups (broad SMARTS) is 1. The third-order valence-electron chi connectivity index (χ3n) is 6.03. The van der Waals surface area contributed by atoms with Gasteiger partial charge in [-0.25, -0.2) is 4.98 Å². The number of benzene rings is 3. The van der Waals surface area contributed by atoms with Gasteiger partial charge in [-0.1, -0.05) is 24.3 Å². The van der Waals surface area contributed by atoms with E-state index in [2.05, 4.69) is 30.7 Å². The van der Waals surface area contributed by atoms with E-state index in [9.17, 15) is 14.7 Å². The first kappa shape index (κ1) is 26.2. The first-order valence-electron chi connectivity index (χ1n) is 12.4. The maximum absolute atomic E-state index is 12.4. The second-order valence-electron chi connectivity index (χ2n) is 8.65. The van der Waals surface area contributed by atoms with Crippen LogP contribution in [0.5, 0.6) is 17.2 Å². The number of methoxy groups -OCH3 is 1. The SMILES string of the molecule is CCOc1cc(-c2ccc(OCc3ccc(OC)cc3)c(NCC(=O)O)c2)ccc1-c1nc2n[nH]nc2c(=O)[nH]1. The summed E-state index contributed by atoms with van der Waals surface area (Å²) < 4.78 is 17.1. The Labute approximate surface area is 228 Å². The fourth-order valence-corrected chi connectivity index (χ4v) is 4.08. The Balaban J connectivity index is 1.46. The number of anilines is 1. The van der Waals surface area contributed by atoms with Crippen LogP contribution in [0.3, 0.4) is 0 Å². The summed E-state index contributed by atoms with van der Waals surface area (Å²) in [5, 5.41) is 22.3. The zero-order valence-electron chi connectivity index (χ0n) is 21.7. The van der Waals surface area contributed by atoms with E-state index in [-0.39, 0.29) is 24.3 Å². The van der Waals surface area contributed by atoms with E-state index in [1.54, 1.807) is 19.2 Å². The van der Waals surface area contributed by atoms with Gasteiger partial charge in [-0.2, -0.15) is 5.21 Å². The normalized spacial score (nSPS) is 10.8. The van der Waals surface area contributed by atoms with E-state index >= 15 is 0 Å². The van der Waals surface area contributed by atoms with E-state index in [0.29, 0.717) is 35.2 Å². The lowest BCUT2D eigenvalue weighted by Gasteiger charge is -2.16. The van der Waals surface area contributed by atoms with E-state index < -0.39 is 11.5 Å². The van der Waals surface area contributed by atoms with Crippen molar-refractivity contribution in [2.75, 3.05) is 25.6 Å². The molecule has 12 nitrogen and oxygen atoms in total. The average Bonchev–Trinajstić information content (AvgIpc) is 3.45. The molecule has 40 heavy (non-hydrogen) atoms. The van der Waals surface area contributed by atoms with Crippen molar-refractivity contribution in [1.82, 2.24) is 25.4 Å². The van der Waals surface area contributed by atoms with Crippen LogP contribution in [0, 0.1) is 0 Å². The Hall–Kier alpha value is -5.39. The minimum Gasteiger partial charge on any atom is -0.497 e. The van der Waals surface area contributed by atoms with Crippen LogP contribution < -0.4 is 25.1 Å². The molecule has 4 N–H and O–H groups in total. The molecule has 2 heterocycles. The minimum atomic E-state index is -1.000. The molecule has 12 heteroatoms. The van der Waals surface area contributed by atoms with Gasteiger partial charge in [0, 0.05) is 0 Å². The Morgan fingerprint density at radius 2 is 1.75 bits per heavy atom. The van der Waals surface area contributed by atoms with Crippen LogP contribution in [0.4, 0.5) is 5.69 Å². The Bertz CT molecular complexity index is 1710. The molecule has 0 unspecified atom stereocenters. The number of ether oxygens (including phenoxy) is 3. The van der Waals surface area contributed by atoms with E-state index in [4.69, 9.17) is 14.2 Å². The molecule has 2 aromatic heterocycles. The van der Waals surface area contributed by atoms with Gasteiger partial charge < -0.3 is 29.6 Å². The van der Waals surface area contributed by atoms with Crippen molar-refractivity contribution in [2.24, 2.45) is 0 Å². The predicted octanol–water partition coefficient (Wildman–Crippen LogP) is 3.86. The number of aromatic amines is 2. The average molecular weight is 543 g/mol. The number of H-pyrrole nitrogens is 2. The highest BCUT2D eigenvalue weighted by Crippen LogP contribution is 2.36. The van der Waals surface area contributed by atoms with Gasteiger partial charge in [0.15, 0.2) is 5.52 Å². The number of nitrogens with one attached hydrogen (secondary N) is 3. The third-order valence-corrected chi connectivity index (χ3v) is 6.03. The van der Waals surface area contributed by atoms with Crippen molar-refractivity contribution in [3.05, 3.63) is 76.6 Å². The molecule has 0 amide bonds. The van der Waals surface area contributed by atoms with Crippen LogP contribution in [0.25, 0.3) is 33.7 Å². The lowest BCUT2D eigenvalue weighted by atomic mass is 10.0. The summed E-state index contributed by atoms with van der Waals surface area (Å²) in [4.78, 5) is 30.8. The van der Waals surface area contributed by atoms with Crippen molar-refractivity contribution >= 4 is 22.8 Å². The molecular weight excluding hydrogens is 516 g/mol. The number of hydrogen-bond donors (Lipinski definition) is 4. The van der Waals surface area contributed by atoms with Crippen LogP contribution in [0.1, 0.15) is 12.5 Å². The molecule has 5 aromatic rings. The summed E-state index contributed by atoms with van der Waals surface area (Å²) in [7, 11) is 1.60. The Morgan fingerprint density at radius 1 is 0.975 bits per heavy atom. The molecule has 204 valence electrons. The van der Waals surface area contributed by atoms with Gasteiger partial charge in [0.2, 0.25) is 5.65 Å².